The molecule has 0 spiro atoms. The molecule has 0 aliphatic heterocycles. The number of rotatable bonds is 7. The first-order chi connectivity index (χ1) is 13.5. The number of nitrogens with one attached hydrogen (secondary N) is 2. The molecule has 0 atom stereocenters. The van der Waals surface area contributed by atoms with Gasteiger partial charge in [-0.25, -0.2) is 4.79 Å². The number of carbonyl (C=O) groups excluding carboxylic acids is 1. The maximum absolute atomic E-state index is 12.1. The number of aromatic amines is 1. The number of fused-ring (bicyclic) bond motifs is 1. The van der Waals surface area contributed by atoms with Crippen molar-refractivity contribution in [2.24, 2.45) is 0 Å². The van der Waals surface area contributed by atoms with Gasteiger partial charge in [0.25, 0.3) is 0 Å². The van der Waals surface area contributed by atoms with E-state index in [1.54, 1.807) is 58.6 Å². The molecule has 28 heavy (non-hydrogen) atoms. The van der Waals surface area contributed by atoms with Gasteiger partial charge in [0.2, 0.25) is 5.75 Å². The fraction of sp³-hybridized carbons (Fsp3) is 0.250. The number of aromatic nitrogens is 1. The Morgan fingerprint density at radius 1 is 1.04 bits per heavy atom. The molecule has 0 amide bonds. The number of esters is 1. The summed E-state index contributed by atoms with van der Waals surface area (Å²) < 4.78 is 21.2. The van der Waals surface area contributed by atoms with Gasteiger partial charge in [-0.15, -0.1) is 0 Å². The van der Waals surface area contributed by atoms with E-state index in [-0.39, 0.29) is 0 Å². The van der Waals surface area contributed by atoms with Gasteiger partial charge in [-0.1, -0.05) is 11.6 Å². The van der Waals surface area contributed by atoms with Gasteiger partial charge < -0.3 is 29.2 Å². The van der Waals surface area contributed by atoms with E-state index in [0.29, 0.717) is 51.5 Å². The van der Waals surface area contributed by atoms with Crippen molar-refractivity contribution in [3.05, 3.63) is 41.0 Å². The van der Waals surface area contributed by atoms with E-state index >= 15 is 0 Å². The molecule has 0 saturated carbocycles. The minimum absolute atomic E-state index is 0.297. The Morgan fingerprint density at radius 2 is 1.71 bits per heavy atom. The summed E-state index contributed by atoms with van der Waals surface area (Å²) in [5.74, 6) is 1.11. The number of carbonyl (C=O) groups is 1. The number of hydrogen-bond acceptors (Lipinski definition) is 6. The minimum atomic E-state index is -0.423. The molecule has 0 radical (unpaired) electrons. The molecule has 2 N–H and O–H groups in total. The van der Waals surface area contributed by atoms with E-state index in [9.17, 15) is 4.79 Å². The molecule has 0 fully saturated rings. The largest absolute Gasteiger partial charge is 0.493 e. The van der Waals surface area contributed by atoms with Crippen molar-refractivity contribution >= 4 is 39.8 Å². The fourth-order valence-corrected chi connectivity index (χ4v) is 3.15. The molecular weight excluding hydrogens is 384 g/mol. The molecule has 0 aliphatic rings. The second-order valence-electron chi connectivity index (χ2n) is 5.86. The highest BCUT2D eigenvalue weighted by Crippen LogP contribution is 2.41. The third kappa shape index (κ3) is 3.80. The number of halogens is 1. The van der Waals surface area contributed by atoms with Gasteiger partial charge in [0.1, 0.15) is 5.69 Å². The molecule has 3 aromatic rings. The van der Waals surface area contributed by atoms with Crippen molar-refractivity contribution < 1.29 is 23.7 Å². The average molecular weight is 405 g/mol. The number of hydrogen-bond donors (Lipinski definition) is 2. The molecule has 1 heterocycles. The molecule has 3 rings (SSSR count). The second-order valence-corrected chi connectivity index (χ2v) is 6.29. The Labute approximate surface area is 167 Å². The predicted octanol–water partition coefficient (Wildman–Crippen LogP) is 4.77. The Kier molecular flexibility index (Phi) is 5.84. The molecule has 7 nitrogen and oxygen atoms in total. The summed E-state index contributed by atoms with van der Waals surface area (Å²) in [7, 11) is 4.65. The van der Waals surface area contributed by atoms with Crippen LogP contribution in [-0.4, -0.2) is 38.9 Å². The predicted molar refractivity (Wildman–Crippen MR) is 109 cm³/mol. The van der Waals surface area contributed by atoms with Gasteiger partial charge in [0.05, 0.1) is 27.9 Å². The van der Waals surface area contributed by atoms with E-state index in [2.05, 4.69) is 10.3 Å². The normalized spacial score (nSPS) is 10.6. The molecule has 1 aromatic heterocycles. The van der Waals surface area contributed by atoms with Crippen LogP contribution in [0.5, 0.6) is 17.2 Å². The summed E-state index contributed by atoms with van der Waals surface area (Å²) in [5, 5.41) is 4.61. The van der Waals surface area contributed by atoms with Crippen LogP contribution in [0.1, 0.15) is 17.4 Å². The molecule has 0 unspecified atom stereocenters. The molecule has 8 heteroatoms. The molecule has 0 bridgehead atoms. The standard InChI is InChI=1S/C20H21ClN2O5/c1-5-28-20(24)16-10-13-14(6-11(21)7-15(13)23-16)22-12-8-17(25-2)19(27-4)18(9-12)26-3/h6-10,22-23H,5H2,1-4H3. The maximum Gasteiger partial charge on any atom is 0.354 e. The zero-order chi connectivity index (χ0) is 20.3. The van der Waals surface area contributed by atoms with E-state index in [0.717, 1.165) is 5.39 Å². The van der Waals surface area contributed by atoms with Crippen molar-refractivity contribution in [3.63, 3.8) is 0 Å². The first-order valence-corrected chi connectivity index (χ1v) is 8.94. The van der Waals surface area contributed by atoms with E-state index in [1.807, 2.05) is 0 Å². The van der Waals surface area contributed by atoms with Gasteiger partial charge >= 0.3 is 5.97 Å². The first kappa shape index (κ1) is 19.7. The van der Waals surface area contributed by atoms with Gasteiger partial charge in [-0.05, 0) is 25.1 Å². The van der Waals surface area contributed by atoms with Crippen LogP contribution in [0, 0.1) is 0 Å². The molecular formula is C20H21ClN2O5. The number of ether oxygens (including phenoxy) is 4. The topological polar surface area (TPSA) is 81.8 Å². The molecule has 2 aromatic carbocycles. The fourth-order valence-electron chi connectivity index (χ4n) is 2.93. The van der Waals surface area contributed by atoms with Crippen LogP contribution in [0.15, 0.2) is 30.3 Å². The summed E-state index contributed by atoms with van der Waals surface area (Å²) >= 11 is 6.26. The molecule has 0 aliphatic carbocycles. The quantitative estimate of drug-likeness (QED) is 0.552. The van der Waals surface area contributed by atoms with E-state index in [4.69, 9.17) is 30.5 Å². The van der Waals surface area contributed by atoms with Crippen LogP contribution >= 0.6 is 11.6 Å². The highest BCUT2D eigenvalue weighted by Gasteiger charge is 2.16. The number of methoxy groups -OCH3 is 3. The van der Waals surface area contributed by atoms with Crippen LogP contribution in [0.2, 0.25) is 5.02 Å². The lowest BCUT2D eigenvalue weighted by molar-refractivity contribution is 0.0520. The minimum Gasteiger partial charge on any atom is -0.493 e. The number of benzene rings is 2. The zero-order valence-electron chi connectivity index (χ0n) is 16.0. The lowest BCUT2D eigenvalue weighted by atomic mass is 10.2. The van der Waals surface area contributed by atoms with Crippen molar-refractivity contribution in [2.75, 3.05) is 33.3 Å². The Bertz CT molecular complexity index is 990. The zero-order valence-corrected chi connectivity index (χ0v) is 16.8. The van der Waals surface area contributed by atoms with E-state index in [1.165, 1.54) is 0 Å². The van der Waals surface area contributed by atoms with Gasteiger partial charge in [0, 0.05) is 39.4 Å². The van der Waals surface area contributed by atoms with Crippen molar-refractivity contribution in [1.29, 1.82) is 0 Å². The third-order valence-electron chi connectivity index (χ3n) is 4.14. The summed E-state index contributed by atoms with van der Waals surface area (Å²) in [6, 6.07) is 8.82. The average Bonchev–Trinajstić information content (AvgIpc) is 3.11. The highest BCUT2D eigenvalue weighted by molar-refractivity contribution is 6.32. The maximum atomic E-state index is 12.1. The summed E-state index contributed by atoms with van der Waals surface area (Å²) in [6.45, 7) is 2.06. The Balaban J connectivity index is 2.05. The highest BCUT2D eigenvalue weighted by atomic mass is 35.5. The summed E-state index contributed by atoms with van der Waals surface area (Å²) in [5.41, 5.74) is 2.48. The first-order valence-electron chi connectivity index (χ1n) is 8.57. The lowest BCUT2D eigenvalue weighted by Gasteiger charge is -2.15. The van der Waals surface area contributed by atoms with E-state index < -0.39 is 5.97 Å². The van der Waals surface area contributed by atoms with Crippen LogP contribution in [-0.2, 0) is 4.74 Å². The lowest BCUT2D eigenvalue weighted by Crippen LogP contribution is -2.04. The van der Waals surface area contributed by atoms with Crippen LogP contribution < -0.4 is 19.5 Å². The van der Waals surface area contributed by atoms with Gasteiger partial charge in [0.15, 0.2) is 11.5 Å². The number of anilines is 2. The third-order valence-corrected chi connectivity index (χ3v) is 4.36. The smallest absolute Gasteiger partial charge is 0.354 e. The Hall–Kier alpha value is -3.06. The molecule has 148 valence electrons. The van der Waals surface area contributed by atoms with Gasteiger partial charge in [-0.2, -0.15) is 0 Å². The molecule has 0 saturated heterocycles. The summed E-state index contributed by atoms with van der Waals surface area (Å²) in [6.07, 6.45) is 0. The van der Waals surface area contributed by atoms with Gasteiger partial charge in [-0.3, -0.25) is 0 Å². The monoisotopic (exact) mass is 404 g/mol. The second kappa shape index (κ2) is 8.31. The van der Waals surface area contributed by atoms with Crippen molar-refractivity contribution in [2.45, 2.75) is 6.92 Å². The summed E-state index contributed by atoms with van der Waals surface area (Å²) in [4.78, 5) is 15.1. The van der Waals surface area contributed by atoms with Crippen LogP contribution in [0.3, 0.4) is 0 Å². The van der Waals surface area contributed by atoms with Crippen LogP contribution in [0.25, 0.3) is 10.9 Å². The SMILES string of the molecule is CCOC(=O)c1cc2c(Nc3cc(OC)c(OC)c(OC)c3)cc(Cl)cc2[nH]1. The van der Waals surface area contributed by atoms with Crippen LogP contribution in [0.4, 0.5) is 11.4 Å². The van der Waals surface area contributed by atoms with Crippen molar-refractivity contribution in [1.82, 2.24) is 4.98 Å². The number of H-pyrrole nitrogens is 1. The van der Waals surface area contributed by atoms with Crippen molar-refractivity contribution in [3.8, 4) is 17.2 Å². The Morgan fingerprint density at radius 3 is 2.29 bits per heavy atom.